The number of aromatic nitrogens is 6. The highest BCUT2D eigenvalue weighted by Gasteiger charge is 2.10. The van der Waals surface area contributed by atoms with Crippen LogP contribution in [0.4, 0.5) is 15.9 Å². The van der Waals surface area contributed by atoms with Gasteiger partial charge in [0.05, 0.1) is 11.9 Å². The summed E-state index contributed by atoms with van der Waals surface area (Å²) in [5, 5.41) is 22.3. The van der Waals surface area contributed by atoms with Crippen LogP contribution in [-0.4, -0.2) is 30.0 Å². The van der Waals surface area contributed by atoms with Crippen molar-refractivity contribution in [2.24, 2.45) is 0 Å². The Morgan fingerprint density at radius 1 is 1.05 bits per heavy atom. The Morgan fingerprint density at radius 2 is 1.91 bits per heavy atom. The lowest BCUT2D eigenvalue weighted by molar-refractivity contribution is 0.628. The maximum absolute atomic E-state index is 13.0. The van der Waals surface area contributed by atoms with Crippen LogP contribution in [0.25, 0.3) is 17.0 Å². The number of benzene rings is 1. The van der Waals surface area contributed by atoms with Crippen LogP contribution in [-0.2, 0) is 0 Å². The van der Waals surface area contributed by atoms with Gasteiger partial charge in [-0.25, -0.2) is 4.39 Å². The molecule has 4 rings (SSSR count). The topological polar surface area (TPSA) is 83.8 Å². The zero-order chi connectivity index (χ0) is 14.9. The van der Waals surface area contributed by atoms with Crippen LogP contribution >= 0.6 is 0 Å². The maximum atomic E-state index is 13.0. The molecule has 0 amide bonds. The second kappa shape index (κ2) is 4.92. The molecular weight excluding hydrogens is 285 g/mol. The molecule has 22 heavy (non-hydrogen) atoms. The molecule has 0 fully saturated rings. The van der Waals surface area contributed by atoms with Gasteiger partial charge in [-0.2, -0.15) is 9.61 Å². The van der Waals surface area contributed by atoms with Gasteiger partial charge in [-0.1, -0.05) is 0 Å². The molecule has 108 valence electrons. The molecule has 3 aromatic heterocycles. The lowest BCUT2D eigenvalue weighted by Crippen LogP contribution is -2.00. The minimum absolute atomic E-state index is 0.298. The van der Waals surface area contributed by atoms with Crippen molar-refractivity contribution >= 4 is 17.2 Å². The molecule has 0 aliphatic heterocycles. The fourth-order valence-electron chi connectivity index (χ4n) is 2.10. The zero-order valence-corrected chi connectivity index (χ0v) is 11.2. The molecule has 0 aliphatic rings. The van der Waals surface area contributed by atoms with Crippen LogP contribution in [0.2, 0.25) is 0 Å². The van der Waals surface area contributed by atoms with E-state index in [0.29, 0.717) is 17.3 Å². The summed E-state index contributed by atoms with van der Waals surface area (Å²) in [7, 11) is 0. The Balaban J connectivity index is 1.77. The molecule has 4 aromatic rings. The SMILES string of the molecule is Fc1ccc(-c2nnc3ccc(Nc4cn[nH]c4)nn23)cc1. The first-order chi connectivity index (χ1) is 10.8. The van der Waals surface area contributed by atoms with E-state index in [1.165, 1.54) is 12.1 Å². The van der Waals surface area contributed by atoms with Crippen molar-refractivity contribution in [3.8, 4) is 11.4 Å². The first-order valence-electron chi connectivity index (χ1n) is 6.54. The van der Waals surface area contributed by atoms with Crippen LogP contribution in [0.5, 0.6) is 0 Å². The van der Waals surface area contributed by atoms with Gasteiger partial charge in [-0.05, 0) is 36.4 Å². The van der Waals surface area contributed by atoms with E-state index in [1.54, 1.807) is 41.2 Å². The van der Waals surface area contributed by atoms with E-state index in [4.69, 9.17) is 0 Å². The Morgan fingerprint density at radius 3 is 2.68 bits per heavy atom. The Bertz CT molecular complexity index is 912. The highest BCUT2D eigenvalue weighted by Crippen LogP contribution is 2.19. The molecule has 3 heterocycles. The predicted octanol–water partition coefficient (Wildman–Crippen LogP) is 2.40. The fourth-order valence-corrected chi connectivity index (χ4v) is 2.10. The number of halogens is 1. The molecule has 0 spiro atoms. The first kappa shape index (κ1) is 12.5. The molecular formula is C14H10FN7. The van der Waals surface area contributed by atoms with Gasteiger partial charge in [0.1, 0.15) is 5.82 Å². The highest BCUT2D eigenvalue weighted by molar-refractivity contribution is 5.61. The standard InChI is InChI=1S/C14H10FN7/c15-10-3-1-9(2-4-10)14-20-19-13-6-5-12(21-22(13)14)18-11-7-16-17-8-11/h1-8H,(H,16,17)(H,18,21). The minimum Gasteiger partial charge on any atom is -0.336 e. The number of fused-ring (bicyclic) bond motifs is 1. The molecule has 0 saturated carbocycles. The van der Waals surface area contributed by atoms with Crippen molar-refractivity contribution in [2.45, 2.75) is 0 Å². The van der Waals surface area contributed by atoms with E-state index in [-0.39, 0.29) is 5.82 Å². The fraction of sp³-hybridized carbons (Fsp3) is 0. The van der Waals surface area contributed by atoms with Crippen molar-refractivity contribution in [2.75, 3.05) is 5.32 Å². The van der Waals surface area contributed by atoms with Gasteiger partial charge >= 0.3 is 0 Å². The number of nitrogens with zero attached hydrogens (tertiary/aromatic N) is 5. The summed E-state index contributed by atoms with van der Waals surface area (Å²) >= 11 is 0. The number of hydrogen-bond acceptors (Lipinski definition) is 5. The first-order valence-corrected chi connectivity index (χ1v) is 6.54. The second-order valence-corrected chi connectivity index (χ2v) is 4.63. The van der Waals surface area contributed by atoms with Gasteiger partial charge < -0.3 is 5.32 Å². The Kier molecular flexibility index (Phi) is 2.78. The monoisotopic (exact) mass is 295 g/mol. The zero-order valence-electron chi connectivity index (χ0n) is 11.2. The number of nitrogens with one attached hydrogen (secondary N) is 2. The molecule has 0 saturated heterocycles. The third kappa shape index (κ3) is 2.16. The Hall–Kier alpha value is -3.29. The average Bonchev–Trinajstić information content (AvgIpc) is 3.17. The van der Waals surface area contributed by atoms with Crippen LogP contribution in [0.1, 0.15) is 0 Å². The van der Waals surface area contributed by atoms with Gasteiger partial charge in [-0.3, -0.25) is 5.10 Å². The van der Waals surface area contributed by atoms with E-state index in [9.17, 15) is 4.39 Å². The molecule has 0 aliphatic carbocycles. The molecule has 0 bridgehead atoms. The number of H-pyrrole nitrogens is 1. The molecule has 1 aromatic carbocycles. The third-order valence-electron chi connectivity index (χ3n) is 3.14. The normalized spacial score (nSPS) is 11.0. The van der Waals surface area contributed by atoms with Gasteiger partial charge in [0, 0.05) is 11.8 Å². The van der Waals surface area contributed by atoms with Gasteiger partial charge in [0.15, 0.2) is 17.3 Å². The molecule has 2 N–H and O–H groups in total. The quantitative estimate of drug-likeness (QED) is 0.606. The van der Waals surface area contributed by atoms with Crippen molar-refractivity contribution in [3.63, 3.8) is 0 Å². The van der Waals surface area contributed by atoms with E-state index in [2.05, 4.69) is 30.8 Å². The predicted molar refractivity (Wildman–Crippen MR) is 78.0 cm³/mol. The van der Waals surface area contributed by atoms with Gasteiger partial charge in [0.2, 0.25) is 0 Å². The summed E-state index contributed by atoms with van der Waals surface area (Å²) in [6.45, 7) is 0. The van der Waals surface area contributed by atoms with Crippen molar-refractivity contribution in [3.05, 3.63) is 54.6 Å². The summed E-state index contributed by atoms with van der Waals surface area (Å²) < 4.78 is 14.6. The van der Waals surface area contributed by atoms with Crippen LogP contribution in [0.3, 0.4) is 0 Å². The van der Waals surface area contributed by atoms with E-state index < -0.39 is 0 Å². The summed E-state index contributed by atoms with van der Waals surface area (Å²) in [6.07, 6.45) is 3.37. The number of rotatable bonds is 3. The largest absolute Gasteiger partial charge is 0.336 e. The smallest absolute Gasteiger partial charge is 0.185 e. The summed E-state index contributed by atoms with van der Waals surface area (Å²) in [5.74, 6) is 0.871. The molecule has 0 atom stereocenters. The third-order valence-corrected chi connectivity index (χ3v) is 3.14. The van der Waals surface area contributed by atoms with Crippen molar-refractivity contribution in [1.29, 1.82) is 0 Å². The maximum Gasteiger partial charge on any atom is 0.185 e. The van der Waals surface area contributed by atoms with Crippen molar-refractivity contribution in [1.82, 2.24) is 30.0 Å². The molecule has 0 radical (unpaired) electrons. The summed E-state index contributed by atoms with van der Waals surface area (Å²) in [4.78, 5) is 0. The molecule has 7 nitrogen and oxygen atoms in total. The van der Waals surface area contributed by atoms with E-state index in [1.807, 2.05) is 0 Å². The van der Waals surface area contributed by atoms with Crippen LogP contribution in [0, 0.1) is 5.82 Å². The minimum atomic E-state index is -0.298. The summed E-state index contributed by atoms with van der Waals surface area (Å²) in [5.41, 5.74) is 2.14. The average molecular weight is 295 g/mol. The van der Waals surface area contributed by atoms with Gasteiger partial charge in [0.25, 0.3) is 0 Å². The second-order valence-electron chi connectivity index (χ2n) is 4.63. The number of hydrogen-bond donors (Lipinski definition) is 2. The van der Waals surface area contributed by atoms with Crippen LogP contribution < -0.4 is 5.32 Å². The van der Waals surface area contributed by atoms with Gasteiger partial charge in [-0.15, -0.1) is 15.3 Å². The van der Waals surface area contributed by atoms with E-state index >= 15 is 0 Å². The number of anilines is 2. The van der Waals surface area contributed by atoms with E-state index in [0.717, 1.165) is 11.3 Å². The van der Waals surface area contributed by atoms with Crippen LogP contribution in [0.15, 0.2) is 48.8 Å². The molecule has 8 heteroatoms. The Labute approximate surface area is 123 Å². The molecule has 0 unspecified atom stereocenters. The number of aromatic amines is 1. The lowest BCUT2D eigenvalue weighted by atomic mass is 10.2. The lowest BCUT2D eigenvalue weighted by Gasteiger charge is -2.04. The van der Waals surface area contributed by atoms with Crippen molar-refractivity contribution < 1.29 is 4.39 Å². The highest BCUT2D eigenvalue weighted by atomic mass is 19.1. The summed E-state index contributed by atoms with van der Waals surface area (Å²) in [6, 6.07) is 9.64.